The summed E-state index contributed by atoms with van der Waals surface area (Å²) in [5.41, 5.74) is 7.07. The SMILES string of the molecule is CC1CC(Oc2ncc(C#N)cc2N)CC(C)(C)C1. The van der Waals surface area contributed by atoms with Gasteiger partial charge in [0, 0.05) is 6.20 Å². The minimum atomic E-state index is 0.154. The van der Waals surface area contributed by atoms with E-state index in [0.717, 1.165) is 12.8 Å². The molecule has 19 heavy (non-hydrogen) atoms. The van der Waals surface area contributed by atoms with E-state index in [1.54, 1.807) is 6.07 Å². The van der Waals surface area contributed by atoms with E-state index in [1.165, 1.54) is 12.6 Å². The van der Waals surface area contributed by atoms with E-state index in [4.69, 9.17) is 15.7 Å². The van der Waals surface area contributed by atoms with Crippen molar-refractivity contribution in [2.24, 2.45) is 11.3 Å². The summed E-state index contributed by atoms with van der Waals surface area (Å²) >= 11 is 0. The minimum Gasteiger partial charge on any atom is -0.473 e. The van der Waals surface area contributed by atoms with Crippen LogP contribution in [0.5, 0.6) is 5.88 Å². The van der Waals surface area contributed by atoms with E-state index >= 15 is 0 Å². The van der Waals surface area contributed by atoms with Crippen LogP contribution in [0, 0.1) is 22.7 Å². The van der Waals surface area contributed by atoms with Crippen molar-refractivity contribution in [3.8, 4) is 11.9 Å². The third-order valence-electron chi connectivity index (χ3n) is 3.63. The molecule has 1 aromatic heterocycles. The molecule has 1 saturated carbocycles. The zero-order chi connectivity index (χ0) is 14.0. The summed E-state index contributed by atoms with van der Waals surface area (Å²) in [7, 11) is 0. The fraction of sp³-hybridized carbons (Fsp3) is 0.600. The lowest BCUT2D eigenvalue weighted by Crippen LogP contribution is -2.34. The maximum absolute atomic E-state index is 8.79. The van der Waals surface area contributed by atoms with E-state index < -0.39 is 0 Å². The van der Waals surface area contributed by atoms with Crippen molar-refractivity contribution in [1.82, 2.24) is 4.98 Å². The molecule has 0 spiro atoms. The number of ether oxygens (including phenoxy) is 1. The Balaban J connectivity index is 2.11. The summed E-state index contributed by atoms with van der Waals surface area (Å²) in [4.78, 5) is 4.15. The molecule has 1 aromatic rings. The first-order valence-electron chi connectivity index (χ1n) is 6.72. The molecular formula is C15H21N3O. The Morgan fingerprint density at radius 3 is 2.79 bits per heavy atom. The third kappa shape index (κ3) is 3.37. The molecule has 0 bridgehead atoms. The van der Waals surface area contributed by atoms with E-state index in [9.17, 15) is 0 Å². The molecule has 0 aromatic carbocycles. The number of anilines is 1. The molecule has 0 amide bonds. The minimum absolute atomic E-state index is 0.154. The highest BCUT2D eigenvalue weighted by Gasteiger charge is 2.33. The van der Waals surface area contributed by atoms with Gasteiger partial charge in [-0.2, -0.15) is 5.26 Å². The van der Waals surface area contributed by atoms with Crippen LogP contribution in [0.4, 0.5) is 5.69 Å². The second-order valence-electron chi connectivity index (χ2n) is 6.38. The van der Waals surface area contributed by atoms with Crippen molar-refractivity contribution in [1.29, 1.82) is 5.26 Å². The molecule has 1 aliphatic carbocycles. The van der Waals surface area contributed by atoms with Crippen molar-refractivity contribution >= 4 is 5.69 Å². The average molecular weight is 259 g/mol. The van der Waals surface area contributed by atoms with Gasteiger partial charge in [-0.1, -0.05) is 20.8 Å². The van der Waals surface area contributed by atoms with E-state index in [0.29, 0.717) is 28.5 Å². The highest BCUT2D eigenvalue weighted by Crippen LogP contribution is 2.40. The lowest BCUT2D eigenvalue weighted by molar-refractivity contribution is 0.0538. The molecule has 2 N–H and O–H groups in total. The largest absolute Gasteiger partial charge is 0.473 e. The Labute approximate surface area is 114 Å². The molecule has 2 unspecified atom stereocenters. The maximum atomic E-state index is 8.79. The molecule has 0 saturated heterocycles. The number of nitrogens with two attached hydrogens (primary N) is 1. The van der Waals surface area contributed by atoms with Crippen LogP contribution in [0.25, 0.3) is 0 Å². The summed E-state index contributed by atoms with van der Waals surface area (Å²) < 4.78 is 5.95. The fourth-order valence-electron chi connectivity index (χ4n) is 3.13. The first kappa shape index (κ1) is 13.7. The van der Waals surface area contributed by atoms with Gasteiger partial charge in [0.15, 0.2) is 0 Å². The summed E-state index contributed by atoms with van der Waals surface area (Å²) in [5.74, 6) is 1.10. The lowest BCUT2D eigenvalue weighted by atomic mass is 9.71. The van der Waals surface area contributed by atoms with Crippen molar-refractivity contribution < 1.29 is 4.74 Å². The molecule has 1 heterocycles. The Bertz CT molecular complexity index is 505. The summed E-state index contributed by atoms with van der Waals surface area (Å²) in [6.45, 7) is 6.80. The molecule has 1 aliphatic rings. The van der Waals surface area contributed by atoms with Crippen molar-refractivity contribution in [2.75, 3.05) is 5.73 Å². The molecule has 4 nitrogen and oxygen atoms in total. The van der Waals surface area contributed by atoms with Crippen molar-refractivity contribution in [3.63, 3.8) is 0 Å². The number of nitriles is 1. The Kier molecular flexibility index (Phi) is 3.66. The second-order valence-corrected chi connectivity index (χ2v) is 6.38. The van der Waals surface area contributed by atoms with Gasteiger partial charge < -0.3 is 10.5 Å². The average Bonchev–Trinajstić information content (AvgIpc) is 2.29. The second kappa shape index (κ2) is 5.08. The summed E-state index contributed by atoms with van der Waals surface area (Å²) in [5, 5.41) is 8.79. The fourth-order valence-corrected chi connectivity index (χ4v) is 3.13. The van der Waals surface area contributed by atoms with E-state index in [-0.39, 0.29) is 6.10 Å². The Hall–Kier alpha value is -1.76. The van der Waals surface area contributed by atoms with Crippen LogP contribution >= 0.6 is 0 Å². The van der Waals surface area contributed by atoms with Gasteiger partial charge in [0.2, 0.25) is 5.88 Å². The monoisotopic (exact) mass is 259 g/mol. The van der Waals surface area contributed by atoms with Gasteiger partial charge in [-0.3, -0.25) is 0 Å². The van der Waals surface area contributed by atoms with Crippen LogP contribution in [0.3, 0.4) is 0 Å². The van der Waals surface area contributed by atoms with Crippen molar-refractivity contribution in [3.05, 3.63) is 17.8 Å². The normalized spacial score (nSPS) is 25.6. The molecule has 1 fully saturated rings. The van der Waals surface area contributed by atoms with Crippen LogP contribution < -0.4 is 10.5 Å². The quantitative estimate of drug-likeness (QED) is 0.885. The Morgan fingerprint density at radius 1 is 1.47 bits per heavy atom. The summed E-state index contributed by atoms with van der Waals surface area (Å²) in [6.07, 6.45) is 4.93. The van der Waals surface area contributed by atoms with Crippen LogP contribution in [0.1, 0.15) is 45.6 Å². The number of hydrogen-bond acceptors (Lipinski definition) is 4. The number of nitrogen functional groups attached to an aromatic ring is 1. The number of hydrogen-bond donors (Lipinski definition) is 1. The van der Waals surface area contributed by atoms with Gasteiger partial charge in [-0.15, -0.1) is 0 Å². The van der Waals surface area contributed by atoms with Gasteiger partial charge in [-0.25, -0.2) is 4.98 Å². The molecule has 2 atom stereocenters. The van der Waals surface area contributed by atoms with Crippen LogP contribution in [0.15, 0.2) is 12.3 Å². The van der Waals surface area contributed by atoms with E-state index in [2.05, 4.69) is 25.8 Å². The third-order valence-corrected chi connectivity index (χ3v) is 3.63. The standard InChI is InChI=1S/C15H21N3O/c1-10-4-12(7-15(2,3)6-10)19-14-13(17)5-11(8-16)9-18-14/h5,9-10,12H,4,6-7,17H2,1-3H3. The Morgan fingerprint density at radius 2 is 2.21 bits per heavy atom. The molecule has 0 aliphatic heterocycles. The zero-order valence-electron chi connectivity index (χ0n) is 11.8. The predicted octanol–water partition coefficient (Wildman–Crippen LogP) is 3.13. The molecule has 2 rings (SSSR count). The van der Waals surface area contributed by atoms with Gasteiger partial charge >= 0.3 is 0 Å². The first-order valence-corrected chi connectivity index (χ1v) is 6.72. The topological polar surface area (TPSA) is 71.9 Å². The molecule has 102 valence electrons. The van der Waals surface area contributed by atoms with E-state index in [1.807, 2.05) is 6.07 Å². The summed E-state index contributed by atoms with van der Waals surface area (Å²) in [6, 6.07) is 3.63. The predicted molar refractivity (Wildman–Crippen MR) is 74.6 cm³/mol. The van der Waals surface area contributed by atoms with Gasteiger partial charge in [0.25, 0.3) is 0 Å². The van der Waals surface area contributed by atoms with Gasteiger partial charge in [0.1, 0.15) is 12.2 Å². The first-order chi connectivity index (χ1) is 8.89. The zero-order valence-corrected chi connectivity index (χ0v) is 11.8. The molecule has 4 heteroatoms. The smallest absolute Gasteiger partial charge is 0.237 e. The number of nitrogens with zero attached hydrogens (tertiary/aromatic N) is 2. The molecular weight excluding hydrogens is 238 g/mol. The van der Waals surface area contributed by atoms with Crippen LogP contribution in [-0.4, -0.2) is 11.1 Å². The van der Waals surface area contributed by atoms with Gasteiger partial charge in [0.05, 0.1) is 11.3 Å². The lowest BCUT2D eigenvalue weighted by Gasteiger charge is -2.38. The van der Waals surface area contributed by atoms with Gasteiger partial charge in [-0.05, 0) is 36.7 Å². The highest BCUT2D eigenvalue weighted by molar-refractivity contribution is 5.52. The van der Waals surface area contributed by atoms with Crippen molar-refractivity contribution in [2.45, 2.75) is 46.1 Å². The maximum Gasteiger partial charge on any atom is 0.237 e. The number of aromatic nitrogens is 1. The molecule has 0 radical (unpaired) electrons. The number of rotatable bonds is 2. The highest BCUT2D eigenvalue weighted by atomic mass is 16.5. The van der Waals surface area contributed by atoms with Crippen LogP contribution in [0.2, 0.25) is 0 Å². The van der Waals surface area contributed by atoms with Crippen LogP contribution in [-0.2, 0) is 0 Å². The number of pyridine rings is 1.